The Hall–Kier alpha value is -2.03. The van der Waals surface area contributed by atoms with Gasteiger partial charge in [0.15, 0.2) is 0 Å². The minimum atomic E-state index is -0.179. The van der Waals surface area contributed by atoms with Crippen molar-refractivity contribution >= 4 is 6.03 Å². The van der Waals surface area contributed by atoms with Crippen molar-refractivity contribution in [3.63, 3.8) is 0 Å². The third kappa shape index (κ3) is 4.78. The van der Waals surface area contributed by atoms with Crippen LogP contribution in [0.2, 0.25) is 0 Å². The van der Waals surface area contributed by atoms with Crippen LogP contribution in [0.1, 0.15) is 30.5 Å². The van der Waals surface area contributed by atoms with Gasteiger partial charge in [-0.1, -0.05) is 24.0 Å². The van der Waals surface area contributed by atoms with Crippen molar-refractivity contribution in [2.75, 3.05) is 19.8 Å². The van der Waals surface area contributed by atoms with E-state index in [0.717, 1.165) is 17.5 Å². The summed E-state index contributed by atoms with van der Waals surface area (Å²) in [5, 5.41) is 14.4. The predicted octanol–water partition coefficient (Wildman–Crippen LogP) is 1.18. The summed E-state index contributed by atoms with van der Waals surface area (Å²) in [6.07, 6.45) is 0.861. The molecule has 2 atom stereocenters. The second-order valence-electron chi connectivity index (χ2n) is 4.98. The van der Waals surface area contributed by atoms with Gasteiger partial charge in [-0.05, 0) is 31.0 Å². The highest BCUT2D eigenvalue weighted by molar-refractivity contribution is 5.74. The van der Waals surface area contributed by atoms with Gasteiger partial charge in [0.25, 0.3) is 0 Å². The topological polar surface area (TPSA) is 70.6 Å². The minimum Gasteiger partial charge on any atom is -0.384 e. The van der Waals surface area contributed by atoms with E-state index >= 15 is 0 Å². The van der Waals surface area contributed by atoms with E-state index in [0.29, 0.717) is 13.2 Å². The third-order valence-electron chi connectivity index (χ3n) is 3.33. The SMILES string of the molecule is CC(NC(=O)NC1CCOC1)c1ccc(C#CCO)cc1. The van der Waals surface area contributed by atoms with E-state index in [2.05, 4.69) is 22.5 Å². The molecule has 0 radical (unpaired) electrons. The first-order valence-electron chi connectivity index (χ1n) is 7.03. The second kappa shape index (κ2) is 7.67. The molecular weight excluding hydrogens is 268 g/mol. The molecule has 1 aliphatic heterocycles. The summed E-state index contributed by atoms with van der Waals surface area (Å²) in [6.45, 7) is 3.07. The van der Waals surface area contributed by atoms with E-state index in [1.807, 2.05) is 31.2 Å². The molecule has 0 aromatic heterocycles. The average molecular weight is 288 g/mol. The molecule has 5 heteroatoms. The van der Waals surface area contributed by atoms with Gasteiger partial charge < -0.3 is 20.5 Å². The first-order valence-corrected chi connectivity index (χ1v) is 7.03. The van der Waals surface area contributed by atoms with Crippen LogP contribution in [0.15, 0.2) is 24.3 Å². The molecule has 1 aromatic carbocycles. The number of carbonyl (C=O) groups excluding carboxylic acids is 1. The van der Waals surface area contributed by atoms with Gasteiger partial charge in [0, 0.05) is 12.2 Å². The number of hydrogen-bond donors (Lipinski definition) is 3. The molecule has 112 valence electrons. The van der Waals surface area contributed by atoms with Crippen molar-refractivity contribution in [1.82, 2.24) is 10.6 Å². The number of carbonyl (C=O) groups is 1. The summed E-state index contributed by atoms with van der Waals surface area (Å²) in [4.78, 5) is 11.9. The Labute approximate surface area is 124 Å². The van der Waals surface area contributed by atoms with E-state index in [1.165, 1.54) is 0 Å². The first kappa shape index (κ1) is 15.4. The molecule has 0 saturated carbocycles. The number of benzene rings is 1. The molecule has 0 spiro atoms. The van der Waals surface area contributed by atoms with Gasteiger partial charge in [0.2, 0.25) is 0 Å². The third-order valence-corrected chi connectivity index (χ3v) is 3.33. The van der Waals surface area contributed by atoms with Crippen molar-refractivity contribution in [3.8, 4) is 11.8 Å². The lowest BCUT2D eigenvalue weighted by Gasteiger charge is -2.17. The molecule has 1 aliphatic rings. The number of hydrogen-bond acceptors (Lipinski definition) is 3. The summed E-state index contributed by atoms with van der Waals surface area (Å²) in [6, 6.07) is 7.43. The largest absolute Gasteiger partial charge is 0.384 e. The molecule has 2 unspecified atom stereocenters. The number of aliphatic hydroxyl groups excluding tert-OH is 1. The van der Waals surface area contributed by atoms with E-state index < -0.39 is 0 Å². The highest BCUT2D eigenvalue weighted by Gasteiger charge is 2.18. The summed E-state index contributed by atoms with van der Waals surface area (Å²) in [5.41, 5.74) is 1.84. The van der Waals surface area contributed by atoms with Crippen LogP contribution < -0.4 is 10.6 Å². The highest BCUT2D eigenvalue weighted by atomic mass is 16.5. The maximum absolute atomic E-state index is 11.9. The van der Waals surface area contributed by atoms with Gasteiger partial charge in [-0.15, -0.1) is 0 Å². The maximum atomic E-state index is 11.9. The zero-order chi connectivity index (χ0) is 15.1. The molecule has 0 aliphatic carbocycles. The minimum absolute atomic E-state index is 0.0906. The van der Waals surface area contributed by atoms with Crippen LogP contribution in [0.4, 0.5) is 4.79 Å². The molecule has 1 heterocycles. The summed E-state index contributed by atoms with van der Waals surface area (Å²) >= 11 is 0. The molecule has 5 nitrogen and oxygen atoms in total. The maximum Gasteiger partial charge on any atom is 0.315 e. The van der Waals surface area contributed by atoms with Crippen molar-refractivity contribution in [3.05, 3.63) is 35.4 Å². The fraction of sp³-hybridized carbons (Fsp3) is 0.438. The Balaban J connectivity index is 1.87. The standard InChI is InChI=1S/C16H20N2O3/c1-12(17-16(20)18-15-8-10-21-11-15)14-6-4-13(5-7-14)3-2-9-19/h4-7,12,15,19H,8-11H2,1H3,(H2,17,18,20). The lowest BCUT2D eigenvalue weighted by Crippen LogP contribution is -2.43. The first-order chi connectivity index (χ1) is 10.2. The molecule has 21 heavy (non-hydrogen) atoms. The van der Waals surface area contributed by atoms with Crippen LogP contribution in [0.3, 0.4) is 0 Å². The molecule has 3 N–H and O–H groups in total. The van der Waals surface area contributed by atoms with Gasteiger partial charge in [-0.2, -0.15) is 0 Å². The highest BCUT2D eigenvalue weighted by Crippen LogP contribution is 2.13. The van der Waals surface area contributed by atoms with Gasteiger partial charge in [-0.3, -0.25) is 0 Å². The number of amides is 2. The summed E-state index contributed by atoms with van der Waals surface area (Å²) in [5.74, 6) is 5.44. The van der Waals surface area contributed by atoms with Crippen LogP contribution in [-0.2, 0) is 4.74 Å². The number of aliphatic hydroxyl groups is 1. The van der Waals surface area contributed by atoms with Gasteiger partial charge >= 0.3 is 6.03 Å². The molecule has 1 fully saturated rings. The van der Waals surface area contributed by atoms with Crippen LogP contribution in [0, 0.1) is 11.8 Å². The average Bonchev–Trinajstić information content (AvgIpc) is 2.98. The van der Waals surface area contributed by atoms with Crippen molar-refractivity contribution in [2.45, 2.75) is 25.4 Å². The molecule has 0 bridgehead atoms. The van der Waals surface area contributed by atoms with Crippen molar-refractivity contribution in [2.24, 2.45) is 0 Å². The van der Waals surface area contributed by atoms with Crippen molar-refractivity contribution < 1.29 is 14.6 Å². The van der Waals surface area contributed by atoms with E-state index in [4.69, 9.17) is 9.84 Å². The smallest absolute Gasteiger partial charge is 0.315 e. The summed E-state index contributed by atoms with van der Waals surface area (Å²) < 4.78 is 5.22. The number of ether oxygens (including phenoxy) is 1. The van der Waals surface area contributed by atoms with E-state index in [1.54, 1.807) is 0 Å². The Kier molecular flexibility index (Phi) is 5.61. The van der Waals surface area contributed by atoms with Crippen LogP contribution in [0.25, 0.3) is 0 Å². The fourth-order valence-electron chi connectivity index (χ4n) is 2.15. The molecule has 2 rings (SSSR count). The van der Waals surface area contributed by atoms with Crippen LogP contribution in [0.5, 0.6) is 0 Å². The Morgan fingerprint density at radius 2 is 2.24 bits per heavy atom. The van der Waals surface area contributed by atoms with Gasteiger partial charge in [0.05, 0.1) is 18.7 Å². The van der Waals surface area contributed by atoms with Crippen LogP contribution >= 0.6 is 0 Å². The number of nitrogens with one attached hydrogen (secondary N) is 2. The predicted molar refractivity (Wildman–Crippen MR) is 79.7 cm³/mol. The van der Waals surface area contributed by atoms with E-state index in [-0.39, 0.29) is 24.7 Å². The van der Waals surface area contributed by atoms with Gasteiger partial charge in [0.1, 0.15) is 6.61 Å². The molecular formula is C16H20N2O3. The zero-order valence-corrected chi connectivity index (χ0v) is 12.1. The van der Waals surface area contributed by atoms with E-state index in [9.17, 15) is 4.79 Å². The quantitative estimate of drug-likeness (QED) is 0.731. The Bertz CT molecular complexity index is 525. The second-order valence-corrected chi connectivity index (χ2v) is 4.98. The Morgan fingerprint density at radius 3 is 2.86 bits per heavy atom. The Morgan fingerprint density at radius 1 is 1.48 bits per heavy atom. The van der Waals surface area contributed by atoms with Crippen molar-refractivity contribution in [1.29, 1.82) is 0 Å². The molecule has 1 saturated heterocycles. The lowest BCUT2D eigenvalue weighted by molar-refractivity contribution is 0.188. The number of urea groups is 1. The fourth-order valence-corrected chi connectivity index (χ4v) is 2.15. The monoisotopic (exact) mass is 288 g/mol. The zero-order valence-electron chi connectivity index (χ0n) is 12.1. The normalized spacial score (nSPS) is 18.5. The lowest BCUT2D eigenvalue weighted by atomic mass is 10.1. The summed E-state index contributed by atoms with van der Waals surface area (Å²) in [7, 11) is 0. The van der Waals surface area contributed by atoms with Crippen LogP contribution in [-0.4, -0.2) is 37.0 Å². The van der Waals surface area contributed by atoms with Gasteiger partial charge in [-0.25, -0.2) is 4.79 Å². The molecule has 2 amide bonds. The molecule has 1 aromatic rings. The number of rotatable bonds is 3.